The first-order valence-electron chi connectivity index (χ1n) is 8.64. The Bertz CT molecular complexity index is 895. The highest BCUT2D eigenvalue weighted by atomic mass is 16.7. The number of carbonyl (C=O) groups excluding carboxylic acids is 2. The second-order valence-electron chi connectivity index (χ2n) is 7.29. The van der Waals surface area contributed by atoms with Crippen LogP contribution in [-0.4, -0.2) is 29.7 Å². The van der Waals surface area contributed by atoms with Crippen LogP contribution in [0.5, 0.6) is 0 Å². The summed E-state index contributed by atoms with van der Waals surface area (Å²) in [5.41, 5.74) is 2.79. The summed E-state index contributed by atoms with van der Waals surface area (Å²) in [7, 11) is 1.35. The molecule has 1 aliphatic heterocycles. The number of nitrogens with zero attached hydrogens (tertiary/aromatic N) is 2. The monoisotopic (exact) mass is 366 g/mol. The van der Waals surface area contributed by atoms with Crippen LogP contribution in [0.25, 0.3) is 0 Å². The molecular weight excluding hydrogens is 344 g/mol. The molecule has 2 aromatic carbocycles. The standard InChI is InChI=1S/C21H22N2O4/c1-21(2,3)16-11-9-14(10-12-16)19(24)23-20(25)18(22-26-4)17-8-6-5-7-15(17)13-27-23/h5-12H,13H2,1-4H3/b22-18+. The van der Waals surface area contributed by atoms with Gasteiger partial charge < -0.3 is 4.84 Å². The average Bonchev–Trinajstić information content (AvgIpc) is 2.78. The van der Waals surface area contributed by atoms with Crippen LogP contribution in [0.2, 0.25) is 0 Å². The van der Waals surface area contributed by atoms with Gasteiger partial charge in [0.25, 0.3) is 5.91 Å². The van der Waals surface area contributed by atoms with Crippen molar-refractivity contribution in [2.75, 3.05) is 7.11 Å². The summed E-state index contributed by atoms with van der Waals surface area (Å²) in [6, 6.07) is 14.4. The second-order valence-corrected chi connectivity index (χ2v) is 7.29. The van der Waals surface area contributed by atoms with Gasteiger partial charge in [-0.15, -0.1) is 5.06 Å². The minimum atomic E-state index is -0.660. The first kappa shape index (κ1) is 18.8. The van der Waals surface area contributed by atoms with Gasteiger partial charge in [-0.25, -0.2) is 0 Å². The van der Waals surface area contributed by atoms with E-state index in [0.29, 0.717) is 11.1 Å². The first-order chi connectivity index (χ1) is 12.8. The van der Waals surface area contributed by atoms with Crippen LogP contribution >= 0.6 is 0 Å². The van der Waals surface area contributed by atoms with E-state index in [2.05, 4.69) is 25.9 Å². The number of benzene rings is 2. The fourth-order valence-corrected chi connectivity index (χ4v) is 2.84. The van der Waals surface area contributed by atoms with E-state index in [1.54, 1.807) is 24.3 Å². The molecule has 27 heavy (non-hydrogen) atoms. The highest BCUT2D eigenvalue weighted by molar-refractivity contribution is 6.47. The number of hydrogen-bond donors (Lipinski definition) is 0. The molecule has 6 heteroatoms. The lowest BCUT2D eigenvalue weighted by Gasteiger charge is -2.20. The molecule has 0 aromatic heterocycles. The summed E-state index contributed by atoms with van der Waals surface area (Å²) < 4.78 is 0. The summed E-state index contributed by atoms with van der Waals surface area (Å²) in [6.45, 7) is 6.36. The van der Waals surface area contributed by atoms with Crippen molar-refractivity contribution in [1.29, 1.82) is 0 Å². The fourth-order valence-electron chi connectivity index (χ4n) is 2.84. The molecule has 6 nitrogen and oxygen atoms in total. The molecule has 3 rings (SSSR count). The van der Waals surface area contributed by atoms with Gasteiger partial charge in [0.15, 0.2) is 5.71 Å². The summed E-state index contributed by atoms with van der Waals surface area (Å²) in [5.74, 6) is -1.20. The van der Waals surface area contributed by atoms with Crippen molar-refractivity contribution >= 4 is 17.5 Å². The van der Waals surface area contributed by atoms with Gasteiger partial charge in [-0.05, 0) is 28.7 Å². The number of oxime groups is 1. The van der Waals surface area contributed by atoms with Crippen molar-refractivity contribution in [3.05, 3.63) is 70.8 Å². The van der Waals surface area contributed by atoms with E-state index in [1.807, 2.05) is 24.3 Å². The summed E-state index contributed by atoms with van der Waals surface area (Å²) in [4.78, 5) is 36.2. The highest BCUT2D eigenvalue weighted by Crippen LogP contribution is 2.24. The van der Waals surface area contributed by atoms with Crippen molar-refractivity contribution in [3.8, 4) is 0 Å². The fraction of sp³-hybridized carbons (Fsp3) is 0.286. The van der Waals surface area contributed by atoms with Crippen LogP contribution in [0.15, 0.2) is 53.7 Å². The van der Waals surface area contributed by atoms with Gasteiger partial charge in [0.05, 0.1) is 0 Å². The lowest BCUT2D eigenvalue weighted by atomic mass is 9.86. The van der Waals surface area contributed by atoms with Crippen LogP contribution in [0, 0.1) is 0 Å². The van der Waals surface area contributed by atoms with Crippen molar-refractivity contribution in [2.45, 2.75) is 32.8 Å². The number of hydroxylamine groups is 2. The molecule has 1 aliphatic rings. The summed E-state index contributed by atoms with van der Waals surface area (Å²) in [5, 5.41) is 4.59. The van der Waals surface area contributed by atoms with Gasteiger partial charge in [0, 0.05) is 11.1 Å². The zero-order chi connectivity index (χ0) is 19.6. The zero-order valence-corrected chi connectivity index (χ0v) is 15.9. The molecule has 0 atom stereocenters. The van der Waals surface area contributed by atoms with Crippen LogP contribution in [0.1, 0.15) is 47.8 Å². The van der Waals surface area contributed by atoms with Gasteiger partial charge in [0.1, 0.15) is 13.7 Å². The number of rotatable bonds is 2. The van der Waals surface area contributed by atoms with Gasteiger partial charge in [0.2, 0.25) is 0 Å². The smallest absolute Gasteiger partial charge is 0.307 e. The van der Waals surface area contributed by atoms with Crippen molar-refractivity contribution in [3.63, 3.8) is 0 Å². The molecule has 2 aromatic rings. The Morgan fingerprint density at radius 2 is 1.78 bits per heavy atom. The second kappa shape index (κ2) is 7.32. The van der Waals surface area contributed by atoms with Gasteiger partial charge >= 0.3 is 5.91 Å². The number of imide groups is 1. The number of amides is 2. The van der Waals surface area contributed by atoms with Crippen LogP contribution < -0.4 is 0 Å². The molecule has 140 valence electrons. The van der Waals surface area contributed by atoms with Crippen molar-refractivity contribution in [2.24, 2.45) is 5.16 Å². The Morgan fingerprint density at radius 1 is 1.11 bits per heavy atom. The molecule has 0 spiro atoms. The SMILES string of the molecule is CO/N=C1/C(=O)N(C(=O)c2ccc(C(C)(C)C)cc2)OCc2ccccc21. The largest absolute Gasteiger partial charge is 0.398 e. The summed E-state index contributed by atoms with van der Waals surface area (Å²) in [6.07, 6.45) is 0. The van der Waals surface area contributed by atoms with E-state index >= 15 is 0 Å². The normalized spacial score (nSPS) is 16.1. The Hall–Kier alpha value is -2.99. The van der Waals surface area contributed by atoms with Gasteiger partial charge in [-0.1, -0.05) is 62.3 Å². The molecule has 0 bridgehead atoms. The van der Waals surface area contributed by atoms with Crippen molar-refractivity contribution < 1.29 is 19.3 Å². The van der Waals surface area contributed by atoms with E-state index in [9.17, 15) is 9.59 Å². The number of carbonyl (C=O) groups is 2. The third kappa shape index (κ3) is 3.75. The summed E-state index contributed by atoms with van der Waals surface area (Å²) >= 11 is 0. The third-order valence-corrected chi connectivity index (χ3v) is 4.37. The van der Waals surface area contributed by atoms with E-state index in [0.717, 1.165) is 16.2 Å². The molecule has 0 unspecified atom stereocenters. The Kier molecular flexibility index (Phi) is 5.10. The lowest BCUT2D eigenvalue weighted by molar-refractivity contribution is -0.165. The molecule has 0 saturated heterocycles. The molecule has 1 heterocycles. The Morgan fingerprint density at radius 3 is 2.41 bits per heavy atom. The Labute approximate surface area is 158 Å². The number of hydrogen-bond acceptors (Lipinski definition) is 5. The third-order valence-electron chi connectivity index (χ3n) is 4.37. The van der Waals surface area contributed by atoms with E-state index in [4.69, 9.17) is 9.68 Å². The Balaban J connectivity index is 1.94. The quantitative estimate of drug-likeness (QED) is 0.603. The zero-order valence-electron chi connectivity index (χ0n) is 15.9. The predicted molar refractivity (Wildman–Crippen MR) is 101 cm³/mol. The van der Waals surface area contributed by atoms with Crippen molar-refractivity contribution in [1.82, 2.24) is 5.06 Å². The van der Waals surface area contributed by atoms with Crippen LogP contribution in [0.3, 0.4) is 0 Å². The van der Waals surface area contributed by atoms with E-state index < -0.39 is 11.8 Å². The first-order valence-corrected chi connectivity index (χ1v) is 8.64. The molecular formula is C21H22N2O4. The molecule has 0 aliphatic carbocycles. The van der Waals surface area contributed by atoms with Gasteiger partial charge in [-0.3, -0.25) is 14.4 Å². The maximum Gasteiger partial charge on any atom is 0.307 e. The minimum absolute atomic E-state index is 0.0313. The highest BCUT2D eigenvalue weighted by Gasteiger charge is 2.34. The predicted octanol–water partition coefficient (Wildman–Crippen LogP) is 3.45. The lowest BCUT2D eigenvalue weighted by Crippen LogP contribution is -2.40. The molecule has 0 radical (unpaired) electrons. The molecule has 0 saturated carbocycles. The van der Waals surface area contributed by atoms with Crippen LogP contribution in [-0.2, 0) is 26.5 Å². The van der Waals surface area contributed by atoms with Crippen LogP contribution in [0.4, 0.5) is 0 Å². The maximum atomic E-state index is 12.9. The average molecular weight is 366 g/mol. The van der Waals surface area contributed by atoms with E-state index in [-0.39, 0.29) is 17.7 Å². The minimum Gasteiger partial charge on any atom is -0.398 e. The molecule has 2 amide bonds. The number of fused-ring (bicyclic) bond motifs is 1. The maximum absolute atomic E-state index is 12.9. The topological polar surface area (TPSA) is 68.2 Å². The van der Waals surface area contributed by atoms with E-state index in [1.165, 1.54) is 7.11 Å². The molecule has 0 N–H and O–H groups in total. The molecule has 0 fully saturated rings. The van der Waals surface area contributed by atoms with Gasteiger partial charge in [-0.2, -0.15) is 0 Å².